The second-order valence-electron chi connectivity index (χ2n) is 6.56. The molecule has 0 fully saturated rings. The third-order valence-corrected chi connectivity index (χ3v) is 4.69. The van der Waals surface area contributed by atoms with Gasteiger partial charge < -0.3 is 9.47 Å². The number of nitrogens with zero attached hydrogens (tertiary/aromatic N) is 3. The summed E-state index contributed by atoms with van der Waals surface area (Å²) in [6, 6.07) is 7.78. The van der Waals surface area contributed by atoms with E-state index in [9.17, 15) is 4.79 Å². The topological polar surface area (TPSA) is 65.8 Å². The molecule has 0 bridgehead atoms. The first-order valence-corrected chi connectivity index (χ1v) is 8.54. The molecule has 0 saturated heterocycles. The number of amides is 1. The van der Waals surface area contributed by atoms with Crippen molar-refractivity contribution in [3.05, 3.63) is 23.8 Å². The second kappa shape index (κ2) is 7.32. The fraction of sp³-hybridized carbons (Fsp3) is 0.529. The van der Waals surface area contributed by atoms with Gasteiger partial charge in [0.1, 0.15) is 5.60 Å². The molecule has 7 heteroatoms. The molecular weight excluding hydrogens is 326 g/mol. The van der Waals surface area contributed by atoms with Gasteiger partial charge in [0.05, 0.1) is 12.6 Å². The summed E-state index contributed by atoms with van der Waals surface area (Å²) in [6.07, 6.45) is 0.270. The Kier molecular flexibility index (Phi) is 5.62. The van der Waals surface area contributed by atoms with Crippen LogP contribution < -0.4 is 9.47 Å². The van der Waals surface area contributed by atoms with Gasteiger partial charge in [-0.05, 0) is 33.8 Å². The highest BCUT2D eigenvalue weighted by Crippen LogP contribution is 2.42. The number of ether oxygens (including phenoxy) is 2. The minimum absolute atomic E-state index is 0.120. The standard InChI is InChI=1S/C17H23N3O3S/c1-12(2)20(10-9-18)24-19(5)16(21)22-14-8-6-7-13-11-17(3,4)23-15(13)14/h6-8,12H,10-11H2,1-5H3. The molecule has 0 spiro atoms. The molecule has 1 heterocycles. The predicted octanol–water partition coefficient (Wildman–Crippen LogP) is 3.63. The molecule has 1 aromatic carbocycles. The SMILES string of the molecule is CC(C)N(CC#N)SN(C)C(=O)Oc1cccc2c1OC(C)(C)C2. The Balaban J connectivity index is 2.06. The van der Waals surface area contributed by atoms with Crippen molar-refractivity contribution in [2.45, 2.75) is 45.8 Å². The highest BCUT2D eigenvalue weighted by molar-refractivity contribution is 7.95. The van der Waals surface area contributed by atoms with E-state index in [0.29, 0.717) is 11.5 Å². The van der Waals surface area contributed by atoms with Crippen molar-refractivity contribution < 1.29 is 14.3 Å². The van der Waals surface area contributed by atoms with Crippen LogP contribution in [0.4, 0.5) is 4.79 Å². The molecule has 1 aromatic rings. The number of rotatable bonds is 5. The summed E-state index contributed by atoms with van der Waals surface area (Å²) in [5.41, 5.74) is 0.737. The van der Waals surface area contributed by atoms with Crippen molar-refractivity contribution in [3.8, 4) is 17.6 Å². The molecule has 24 heavy (non-hydrogen) atoms. The normalized spacial score (nSPS) is 14.9. The largest absolute Gasteiger partial charge is 0.483 e. The second-order valence-corrected chi connectivity index (χ2v) is 7.74. The summed E-state index contributed by atoms with van der Waals surface area (Å²) in [4.78, 5) is 12.4. The van der Waals surface area contributed by atoms with Crippen LogP contribution in [-0.2, 0) is 6.42 Å². The first-order valence-electron chi connectivity index (χ1n) is 7.81. The Morgan fingerprint density at radius 1 is 1.50 bits per heavy atom. The number of hydrogen-bond donors (Lipinski definition) is 0. The van der Waals surface area contributed by atoms with E-state index in [2.05, 4.69) is 6.07 Å². The Morgan fingerprint density at radius 3 is 2.83 bits per heavy atom. The number of carbonyl (C=O) groups excluding carboxylic acids is 1. The van der Waals surface area contributed by atoms with Crippen LogP contribution in [0.3, 0.4) is 0 Å². The summed E-state index contributed by atoms with van der Waals surface area (Å²) in [5, 5.41) is 8.87. The van der Waals surface area contributed by atoms with Crippen LogP contribution in [0.1, 0.15) is 33.3 Å². The van der Waals surface area contributed by atoms with Gasteiger partial charge in [0.25, 0.3) is 0 Å². The molecule has 0 unspecified atom stereocenters. The van der Waals surface area contributed by atoms with Crippen molar-refractivity contribution in [3.63, 3.8) is 0 Å². The maximum atomic E-state index is 12.4. The molecule has 2 rings (SSSR count). The van der Waals surface area contributed by atoms with E-state index in [-0.39, 0.29) is 18.2 Å². The lowest BCUT2D eigenvalue weighted by molar-refractivity contribution is 0.131. The smallest absolute Gasteiger partial charge is 0.426 e. The first kappa shape index (κ1) is 18.4. The van der Waals surface area contributed by atoms with Crippen LogP contribution in [0.25, 0.3) is 0 Å². The van der Waals surface area contributed by atoms with Gasteiger partial charge in [-0.2, -0.15) is 5.26 Å². The van der Waals surface area contributed by atoms with Crippen molar-refractivity contribution in [2.24, 2.45) is 0 Å². The minimum Gasteiger partial charge on any atom is -0.483 e. The van der Waals surface area contributed by atoms with Crippen molar-refractivity contribution >= 4 is 18.2 Å². The molecular formula is C17H23N3O3S. The highest BCUT2D eigenvalue weighted by Gasteiger charge is 2.33. The Hall–Kier alpha value is -1.91. The molecule has 0 atom stereocenters. The zero-order chi connectivity index (χ0) is 17.9. The van der Waals surface area contributed by atoms with Gasteiger partial charge in [-0.1, -0.05) is 12.1 Å². The van der Waals surface area contributed by atoms with Crippen LogP contribution in [0.5, 0.6) is 11.5 Å². The Bertz CT molecular complexity index is 655. The van der Waals surface area contributed by atoms with Gasteiger partial charge in [-0.3, -0.25) is 0 Å². The molecule has 6 nitrogen and oxygen atoms in total. The average Bonchev–Trinajstić information content (AvgIpc) is 2.81. The maximum absolute atomic E-state index is 12.4. The van der Waals surface area contributed by atoms with Gasteiger partial charge in [0, 0.05) is 37.2 Å². The molecule has 0 N–H and O–H groups in total. The van der Waals surface area contributed by atoms with E-state index >= 15 is 0 Å². The summed E-state index contributed by atoms with van der Waals surface area (Å²) in [7, 11) is 1.62. The lowest BCUT2D eigenvalue weighted by atomic mass is 10.0. The fourth-order valence-corrected chi connectivity index (χ4v) is 3.11. The number of fused-ring (bicyclic) bond motifs is 1. The van der Waals surface area contributed by atoms with E-state index in [1.165, 1.54) is 16.4 Å². The van der Waals surface area contributed by atoms with E-state index < -0.39 is 6.09 Å². The van der Waals surface area contributed by atoms with E-state index in [1.807, 2.05) is 39.8 Å². The Morgan fingerprint density at radius 2 is 2.21 bits per heavy atom. The van der Waals surface area contributed by atoms with Gasteiger partial charge >= 0.3 is 6.09 Å². The average molecular weight is 349 g/mol. The lowest BCUT2D eigenvalue weighted by Crippen LogP contribution is -2.33. The number of benzene rings is 1. The summed E-state index contributed by atoms with van der Waals surface area (Å²) in [5.74, 6) is 1.05. The number of para-hydroxylation sites is 1. The van der Waals surface area contributed by atoms with E-state index in [1.54, 1.807) is 17.4 Å². The quantitative estimate of drug-likeness (QED) is 0.597. The molecule has 0 aliphatic carbocycles. The monoisotopic (exact) mass is 349 g/mol. The maximum Gasteiger partial charge on any atom is 0.426 e. The highest BCUT2D eigenvalue weighted by atomic mass is 32.2. The molecule has 0 saturated carbocycles. The third kappa shape index (κ3) is 4.34. The first-order chi connectivity index (χ1) is 11.2. The van der Waals surface area contributed by atoms with Gasteiger partial charge in [0.15, 0.2) is 11.5 Å². The fourth-order valence-electron chi connectivity index (χ4n) is 2.39. The molecule has 1 aliphatic heterocycles. The number of hydrogen-bond acceptors (Lipinski definition) is 6. The molecule has 1 aliphatic rings. The molecule has 0 radical (unpaired) electrons. The third-order valence-electron chi connectivity index (χ3n) is 3.54. The van der Waals surface area contributed by atoms with Crippen LogP contribution >= 0.6 is 12.1 Å². The summed E-state index contributed by atoms with van der Waals surface area (Å²) >= 11 is 1.17. The lowest BCUT2D eigenvalue weighted by Gasteiger charge is -2.26. The van der Waals surface area contributed by atoms with Gasteiger partial charge in [-0.25, -0.2) is 13.4 Å². The van der Waals surface area contributed by atoms with Crippen LogP contribution in [0.2, 0.25) is 0 Å². The number of nitriles is 1. The van der Waals surface area contributed by atoms with Gasteiger partial charge in [-0.15, -0.1) is 0 Å². The number of carbonyl (C=O) groups is 1. The minimum atomic E-state index is -0.509. The molecule has 0 aromatic heterocycles. The van der Waals surface area contributed by atoms with Crippen LogP contribution in [-0.4, -0.2) is 39.9 Å². The van der Waals surface area contributed by atoms with Crippen LogP contribution in [0, 0.1) is 11.3 Å². The van der Waals surface area contributed by atoms with E-state index in [0.717, 1.165) is 12.0 Å². The van der Waals surface area contributed by atoms with Crippen molar-refractivity contribution in [2.75, 3.05) is 13.6 Å². The molecule has 130 valence electrons. The van der Waals surface area contributed by atoms with Crippen molar-refractivity contribution in [1.82, 2.24) is 8.61 Å². The summed E-state index contributed by atoms with van der Waals surface area (Å²) < 4.78 is 14.6. The van der Waals surface area contributed by atoms with Gasteiger partial charge in [0.2, 0.25) is 0 Å². The zero-order valence-corrected chi connectivity index (χ0v) is 15.5. The van der Waals surface area contributed by atoms with Crippen molar-refractivity contribution in [1.29, 1.82) is 5.26 Å². The zero-order valence-electron chi connectivity index (χ0n) is 14.7. The van der Waals surface area contributed by atoms with Crippen LogP contribution in [0.15, 0.2) is 18.2 Å². The molecule has 1 amide bonds. The summed E-state index contributed by atoms with van der Waals surface area (Å²) in [6.45, 7) is 8.15. The van der Waals surface area contributed by atoms with E-state index in [4.69, 9.17) is 14.7 Å². The Labute approximate surface area is 147 Å². The predicted molar refractivity (Wildman–Crippen MR) is 93.7 cm³/mol.